The van der Waals surface area contributed by atoms with Gasteiger partial charge in [0.25, 0.3) is 5.56 Å². The number of thioether (sulfide) groups is 1. The van der Waals surface area contributed by atoms with E-state index in [0.29, 0.717) is 60.6 Å². The third kappa shape index (κ3) is 4.72. The van der Waals surface area contributed by atoms with E-state index in [4.69, 9.17) is 9.47 Å². The molecule has 31 heavy (non-hydrogen) atoms. The van der Waals surface area contributed by atoms with Crippen molar-refractivity contribution in [2.75, 3.05) is 25.6 Å². The molecule has 0 spiro atoms. The molecular formula is C22H23FN4O3S. The predicted octanol–water partition coefficient (Wildman–Crippen LogP) is 3.78. The topological polar surface area (TPSA) is 70.7 Å². The number of nitrogens with zero attached hydrogens (tertiary/aromatic N) is 4. The Labute approximate surface area is 182 Å². The van der Waals surface area contributed by atoms with Crippen molar-refractivity contribution >= 4 is 28.4 Å². The summed E-state index contributed by atoms with van der Waals surface area (Å²) in [6, 6.07) is 13.4. The number of halogens is 1. The van der Waals surface area contributed by atoms with Crippen LogP contribution < -0.4 is 10.3 Å². The van der Waals surface area contributed by atoms with E-state index in [1.54, 1.807) is 16.7 Å². The van der Waals surface area contributed by atoms with E-state index >= 15 is 0 Å². The summed E-state index contributed by atoms with van der Waals surface area (Å²) in [6.45, 7) is 4.11. The number of fused-ring (bicyclic) bond motifs is 3. The highest BCUT2D eigenvalue weighted by Gasteiger charge is 2.16. The van der Waals surface area contributed by atoms with Gasteiger partial charge in [-0.15, -0.1) is 10.2 Å². The molecule has 2 aromatic heterocycles. The van der Waals surface area contributed by atoms with Crippen molar-refractivity contribution in [1.29, 1.82) is 0 Å². The largest absolute Gasteiger partial charge is 0.493 e. The van der Waals surface area contributed by atoms with E-state index in [9.17, 15) is 9.18 Å². The van der Waals surface area contributed by atoms with Crippen LogP contribution in [0.25, 0.3) is 16.7 Å². The Morgan fingerprint density at radius 2 is 1.87 bits per heavy atom. The summed E-state index contributed by atoms with van der Waals surface area (Å²) >= 11 is 1.49. The Hall–Kier alpha value is -2.91. The minimum atomic E-state index is -0.296. The van der Waals surface area contributed by atoms with Crippen molar-refractivity contribution in [2.45, 2.75) is 25.0 Å². The van der Waals surface area contributed by atoms with Gasteiger partial charge in [-0.2, -0.15) is 0 Å². The van der Waals surface area contributed by atoms with E-state index < -0.39 is 0 Å². The molecule has 0 aliphatic heterocycles. The molecule has 0 saturated heterocycles. The van der Waals surface area contributed by atoms with Gasteiger partial charge < -0.3 is 9.47 Å². The summed E-state index contributed by atoms with van der Waals surface area (Å²) in [7, 11) is 0. The van der Waals surface area contributed by atoms with Gasteiger partial charge in [0.1, 0.15) is 11.6 Å². The third-order valence-corrected chi connectivity index (χ3v) is 5.64. The smallest absolute Gasteiger partial charge is 0.262 e. The average Bonchev–Trinajstić information content (AvgIpc) is 3.21. The van der Waals surface area contributed by atoms with Crippen LogP contribution in [0.4, 0.5) is 4.39 Å². The molecule has 4 rings (SSSR count). The lowest BCUT2D eigenvalue weighted by atomic mass is 10.2. The number of hydrogen-bond donors (Lipinski definition) is 0. The van der Waals surface area contributed by atoms with Gasteiger partial charge >= 0.3 is 0 Å². The van der Waals surface area contributed by atoms with Gasteiger partial charge in [0, 0.05) is 25.5 Å². The van der Waals surface area contributed by atoms with Crippen molar-refractivity contribution in [1.82, 2.24) is 19.2 Å². The molecule has 0 amide bonds. The highest BCUT2D eigenvalue weighted by atomic mass is 32.2. The van der Waals surface area contributed by atoms with Gasteiger partial charge in [-0.25, -0.2) is 4.39 Å². The van der Waals surface area contributed by atoms with Crippen molar-refractivity contribution in [3.05, 3.63) is 64.7 Å². The summed E-state index contributed by atoms with van der Waals surface area (Å²) in [5.74, 6) is 1.45. The predicted molar refractivity (Wildman–Crippen MR) is 118 cm³/mol. The van der Waals surface area contributed by atoms with Gasteiger partial charge in [-0.3, -0.25) is 13.8 Å². The quantitative estimate of drug-likeness (QED) is 0.275. The molecule has 2 aromatic carbocycles. The van der Waals surface area contributed by atoms with Crippen molar-refractivity contribution in [3.63, 3.8) is 0 Å². The van der Waals surface area contributed by atoms with Crippen LogP contribution in [0, 0.1) is 5.82 Å². The lowest BCUT2D eigenvalue weighted by Gasteiger charge is -2.11. The van der Waals surface area contributed by atoms with Gasteiger partial charge in [-0.1, -0.05) is 23.9 Å². The maximum absolute atomic E-state index is 13.0. The second-order valence-electron chi connectivity index (χ2n) is 6.79. The standard InChI is InChI=1S/C22H23FN4O3S/c1-2-29-13-5-12-26-20(28)18-6-3-4-7-19(18)27-21(26)24-25-22(27)31-15-14-30-17-10-8-16(23)9-11-17/h3-4,6-11H,2,5,12-15H2,1H3. The Morgan fingerprint density at radius 3 is 2.68 bits per heavy atom. The van der Waals surface area contributed by atoms with Crippen LogP contribution in [0.3, 0.4) is 0 Å². The molecule has 4 aromatic rings. The molecule has 0 N–H and O–H groups in total. The van der Waals surface area contributed by atoms with Crippen LogP contribution in [0.5, 0.6) is 5.75 Å². The Balaban J connectivity index is 1.57. The first-order valence-electron chi connectivity index (χ1n) is 10.1. The molecule has 162 valence electrons. The minimum Gasteiger partial charge on any atom is -0.493 e. The SMILES string of the molecule is CCOCCCn1c(=O)c2ccccc2n2c(SCCOc3ccc(F)cc3)nnc12. The van der Waals surface area contributed by atoms with E-state index in [2.05, 4.69) is 10.2 Å². The minimum absolute atomic E-state index is 0.0804. The zero-order chi connectivity index (χ0) is 21.6. The molecule has 0 atom stereocenters. The second-order valence-corrected chi connectivity index (χ2v) is 7.86. The second kappa shape index (κ2) is 9.93. The number of ether oxygens (including phenoxy) is 2. The normalized spacial score (nSPS) is 11.4. The third-order valence-electron chi connectivity index (χ3n) is 4.75. The average molecular weight is 443 g/mol. The first kappa shape index (κ1) is 21.3. The summed E-state index contributed by atoms with van der Waals surface area (Å²) in [4.78, 5) is 13.0. The van der Waals surface area contributed by atoms with E-state index in [0.717, 1.165) is 5.52 Å². The van der Waals surface area contributed by atoms with Gasteiger partial charge in [0.05, 0.1) is 17.5 Å². The molecule has 0 fully saturated rings. The summed E-state index contributed by atoms with van der Waals surface area (Å²) in [5.41, 5.74) is 0.693. The fourth-order valence-electron chi connectivity index (χ4n) is 3.32. The fraction of sp³-hybridized carbons (Fsp3) is 0.318. The number of hydrogen-bond acceptors (Lipinski definition) is 6. The van der Waals surface area contributed by atoms with Crippen LogP contribution >= 0.6 is 11.8 Å². The van der Waals surface area contributed by atoms with Crippen LogP contribution in [0.15, 0.2) is 58.5 Å². The monoisotopic (exact) mass is 442 g/mol. The Kier molecular flexibility index (Phi) is 6.83. The van der Waals surface area contributed by atoms with Crippen LogP contribution in [0.2, 0.25) is 0 Å². The molecule has 9 heteroatoms. The number of rotatable bonds is 10. The molecule has 0 saturated carbocycles. The Bertz CT molecular complexity index is 1220. The molecule has 0 aliphatic carbocycles. The van der Waals surface area contributed by atoms with Crippen LogP contribution in [0.1, 0.15) is 13.3 Å². The highest BCUT2D eigenvalue weighted by Crippen LogP contribution is 2.22. The lowest BCUT2D eigenvalue weighted by Crippen LogP contribution is -2.24. The number of para-hydroxylation sites is 1. The Morgan fingerprint density at radius 1 is 1.06 bits per heavy atom. The maximum atomic E-state index is 13.0. The highest BCUT2D eigenvalue weighted by molar-refractivity contribution is 7.99. The molecule has 2 heterocycles. The van der Waals surface area contributed by atoms with Gasteiger partial charge in [0.15, 0.2) is 5.16 Å². The van der Waals surface area contributed by atoms with E-state index in [-0.39, 0.29) is 11.4 Å². The number of aryl methyl sites for hydroxylation is 1. The van der Waals surface area contributed by atoms with Crippen molar-refractivity contribution in [2.24, 2.45) is 0 Å². The summed E-state index contributed by atoms with van der Waals surface area (Å²) in [6.07, 6.45) is 0.711. The zero-order valence-electron chi connectivity index (χ0n) is 17.2. The van der Waals surface area contributed by atoms with Gasteiger partial charge in [-0.05, 0) is 49.7 Å². The first-order chi connectivity index (χ1) is 15.2. The number of aromatic nitrogens is 4. The number of benzene rings is 2. The van der Waals surface area contributed by atoms with E-state index in [1.807, 2.05) is 35.6 Å². The van der Waals surface area contributed by atoms with Gasteiger partial charge in [0.2, 0.25) is 5.78 Å². The van der Waals surface area contributed by atoms with Crippen molar-refractivity contribution in [3.8, 4) is 5.75 Å². The fourth-order valence-corrected chi connectivity index (χ4v) is 4.08. The molecule has 7 nitrogen and oxygen atoms in total. The van der Waals surface area contributed by atoms with Crippen LogP contribution in [-0.4, -0.2) is 44.7 Å². The summed E-state index contributed by atoms with van der Waals surface area (Å²) in [5, 5.41) is 9.94. The van der Waals surface area contributed by atoms with Crippen LogP contribution in [-0.2, 0) is 11.3 Å². The molecule has 0 aliphatic rings. The first-order valence-corrected chi connectivity index (χ1v) is 11.1. The molecule has 0 bridgehead atoms. The molecule has 0 unspecified atom stereocenters. The van der Waals surface area contributed by atoms with Crippen molar-refractivity contribution < 1.29 is 13.9 Å². The molecule has 0 radical (unpaired) electrons. The zero-order valence-corrected chi connectivity index (χ0v) is 18.0. The summed E-state index contributed by atoms with van der Waals surface area (Å²) < 4.78 is 27.7. The van der Waals surface area contributed by atoms with E-state index in [1.165, 1.54) is 23.9 Å². The molecular weight excluding hydrogens is 419 g/mol. The lowest BCUT2D eigenvalue weighted by molar-refractivity contribution is 0.141. The maximum Gasteiger partial charge on any atom is 0.262 e.